The molecular weight excluding hydrogens is 1200 g/mol. The van der Waals surface area contributed by atoms with Gasteiger partial charge in [0.25, 0.3) is 0 Å². The van der Waals surface area contributed by atoms with Gasteiger partial charge in [-0.3, -0.25) is 4.79 Å². The Balaban J connectivity index is 0.000000484. The zero-order chi connectivity index (χ0) is 65.2. The highest BCUT2D eigenvalue weighted by molar-refractivity contribution is 6.87. The van der Waals surface area contributed by atoms with Gasteiger partial charge in [0.05, 0.1) is 6.61 Å². The van der Waals surface area contributed by atoms with E-state index in [1.54, 1.807) is 42.7 Å². The van der Waals surface area contributed by atoms with E-state index < -0.39 is 42.8 Å². The van der Waals surface area contributed by atoms with E-state index in [9.17, 15) is 19.2 Å². The first-order valence-electron chi connectivity index (χ1n) is 34.9. The van der Waals surface area contributed by atoms with Crippen LogP contribution in [0.25, 0.3) is 0 Å². The van der Waals surface area contributed by atoms with Crippen LogP contribution in [0.5, 0.6) is 0 Å². The maximum absolute atomic E-state index is 13.3. The molecule has 19 nitrogen and oxygen atoms in total. The van der Waals surface area contributed by atoms with Gasteiger partial charge in [-0.1, -0.05) is 40.0 Å². The lowest BCUT2D eigenvalue weighted by Crippen LogP contribution is -2.52. The Labute approximate surface area is 541 Å². The van der Waals surface area contributed by atoms with Crippen molar-refractivity contribution in [2.24, 2.45) is 29.6 Å². The number of hydrogen-bond donors (Lipinski definition) is 4. The molecule has 0 atom stereocenters. The first kappa shape index (κ1) is 80.3. The minimum atomic E-state index is -2.64. The normalized spacial score (nSPS) is 23.0. The summed E-state index contributed by atoms with van der Waals surface area (Å²) in [6.07, 6.45) is 27.8. The average molecular weight is 1330 g/mol. The molecule has 4 rings (SSSR count). The second-order valence-electron chi connectivity index (χ2n) is 27.9. The van der Waals surface area contributed by atoms with Crippen LogP contribution >= 0.6 is 0 Å². The van der Waals surface area contributed by atoms with E-state index >= 15 is 0 Å². The molecule has 4 saturated carbocycles. The van der Waals surface area contributed by atoms with Crippen molar-refractivity contribution in [1.29, 1.82) is 0 Å². The molecule has 24 heteroatoms. The SMILES string of the molecule is CCCCN(CCC[Si](OC)(OC)OC)C(=O)NC1CCC(CC2CCC(C(=O)NCCC[Si](C)(C)O[Si](C)(C)O[Si](C)(C)CCC)CC2)CC1.CCCCN(CCC[Si](OC)(OC)OC)C(=O)NC1CCC(CC2CCC(NC(=O)OCC)CC2)CC1. The van der Waals surface area contributed by atoms with Crippen LogP contribution in [-0.4, -0.2) is 177 Å². The molecule has 4 N–H and O–H groups in total. The fourth-order valence-corrected chi connectivity index (χ4v) is 32.1. The molecule has 0 aromatic rings. The van der Waals surface area contributed by atoms with Crippen LogP contribution in [0.1, 0.15) is 195 Å². The van der Waals surface area contributed by atoms with Crippen LogP contribution in [0.2, 0.25) is 63.5 Å². The van der Waals surface area contributed by atoms with Crippen LogP contribution in [0.15, 0.2) is 0 Å². The number of amides is 6. The lowest BCUT2D eigenvalue weighted by Gasteiger charge is -2.38. The summed E-state index contributed by atoms with van der Waals surface area (Å²) in [5, 5.41) is 13.0. The first-order valence-corrected chi connectivity index (χ1v) is 47.8. The number of carbonyl (C=O) groups excluding carboxylic acids is 4. The summed E-state index contributed by atoms with van der Waals surface area (Å²) >= 11 is 0. The van der Waals surface area contributed by atoms with Crippen molar-refractivity contribution < 1.29 is 58.7 Å². The molecule has 6 amide bonds. The van der Waals surface area contributed by atoms with Crippen LogP contribution in [0.3, 0.4) is 0 Å². The Kier molecular flexibility index (Phi) is 38.7. The fraction of sp³-hybridized carbons (Fsp3) is 0.938. The first-order chi connectivity index (χ1) is 41.9. The predicted octanol–water partition coefficient (Wildman–Crippen LogP) is 14.2. The van der Waals surface area contributed by atoms with Crippen molar-refractivity contribution in [2.45, 2.75) is 276 Å². The Morgan fingerprint density at radius 3 is 1.12 bits per heavy atom. The van der Waals surface area contributed by atoms with Gasteiger partial charge >= 0.3 is 44.3 Å². The molecule has 88 heavy (non-hydrogen) atoms. The summed E-state index contributed by atoms with van der Waals surface area (Å²) in [6.45, 7) is 26.1. The number of carbonyl (C=O) groups is 4. The van der Waals surface area contributed by atoms with Crippen molar-refractivity contribution >= 4 is 66.9 Å². The number of alkyl carbamates (subject to hydrolysis) is 1. The second-order valence-corrected chi connectivity index (χ2v) is 46.5. The van der Waals surface area contributed by atoms with Crippen LogP contribution in [0, 0.1) is 29.6 Å². The lowest BCUT2D eigenvalue weighted by atomic mass is 9.74. The summed E-state index contributed by atoms with van der Waals surface area (Å²) in [6, 6.07) is 4.50. The molecule has 0 aromatic carbocycles. The zero-order valence-corrected chi connectivity index (χ0v) is 63.8. The minimum Gasteiger partial charge on any atom is -0.450 e. The Morgan fingerprint density at radius 2 is 0.773 bits per heavy atom. The van der Waals surface area contributed by atoms with Gasteiger partial charge in [-0.15, -0.1) is 0 Å². The molecule has 4 aliphatic carbocycles. The number of nitrogens with one attached hydrogen (secondary N) is 4. The smallest absolute Gasteiger partial charge is 0.450 e. The van der Waals surface area contributed by atoms with Gasteiger partial charge in [0.2, 0.25) is 5.91 Å². The summed E-state index contributed by atoms with van der Waals surface area (Å²) in [5.74, 6) is 3.36. The number of urea groups is 2. The summed E-state index contributed by atoms with van der Waals surface area (Å²) in [7, 11) is -1.16. The number of nitrogens with zero attached hydrogens (tertiary/aromatic N) is 2. The zero-order valence-electron chi connectivity index (χ0n) is 58.8. The van der Waals surface area contributed by atoms with Crippen LogP contribution < -0.4 is 21.3 Å². The third kappa shape index (κ3) is 30.9. The number of hydrogen-bond acceptors (Lipinski definition) is 13. The Bertz CT molecular complexity index is 1900. The Hall–Kier alpha value is -1.96. The molecule has 516 valence electrons. The highest BCUT2D eigenvalue weighted by atomic mass is 28.5. The van der Waals surface area contributed by atoms with Crippen molar-refractivity contribution in [3.05, 3.63) is 0 Å². The molecule has 0 heterocycles. The largest absolute Gasteiger partial charge is 0.500 e. The van der Waals surface area contributed by atoms with Gasteiger partial charge in [-0.05, 0) is 230 Å². The highest BCUT2D eigenvalue weighted by Crippen LogP contribution is 2.39. The van der Waals surface area contributed by atoms with Crippen molar-refractivity contribution in [3.8, 4) is 0 Å². The van der Waals surface area contributed by atoms with Gasteiger partial charge < -0.3 is 70.6 Å². The summed E-state index contributed by atoms with van der Waals surface area (Å²) < 4.78 is 51.7. The monoisotopic (exact) mass is 1330 g/mol. The van der Waals surface area contributed by atoms with Gasteiger partial charge in [-0.25, -0.2) is 14.4 Å². The second kappa shape index (κ2) is 42.4. The maximum Gasteiger partial charge on any atom is 0.500 e. The van der Waals surface area contributed by atoms with E-state index in [2.05, 4.69) is 81.3 Å². The third-order valence-electron chi connectivity index (χ3n) is 19.3. The minimum absolute atomic E-state index is 0.0591. The molecule has 0 unspecified atom stereocenters. The van der Waals surface area contributed by atoms with E-state index in [1.807, 2.05) is 16.7 Å². The summed E-state index contributed by atoms with van der Waals surface area (Å²) in [5.41, 5.74) is 0. The molecule has 0 radical (unpaired) electrons. The van der Waals surface area contributed by atoms with Gasteiger partial charge in [-0.2, -0.15) is 0 Å². The standard InChI is InChI=1S/C37H79N3O7Si4.C27H53N3O6Si/c1-12-14-26-40(27-16-30-51(43-3,44-4)45-5)37(42)39-35-23-19-33(20-24-35)31-32-17-21-34(22-18-32)36(41)38-25-15-29-49(8,9)47-50(10,11)46-48(6,7)28-13-2;1-6-8-18-30(19-9-20-37(33-3,34-4)35-5)26(31)28-24-14-10-22(11-15-24)21-23-12-16-25(17-13-23)29-27(32)36-7-2/h32-35H,12-31H2,1-11H3,(H,38,41)(H,39,42);22-25H,6-21H2,1-5H3,(H,28,31)(H,29,32). The molecule has 4 fully saturated rings. The molecule has 0 spiro atoms. The molecule has 4 aliphatic rings. The van der Waals surface area contributed by atoms with E-state index in [0.29, 0.717) is 31.8 Å². The lowest BCUT2D eigenvalue weighted by molar-refractivity contribution is -0.126. The van der Waals surface area contributed by atoms with Gasteiger partial charge in [0.1, 0.15) is 0 Å². The van der Waals surface area contributed by atoms with Crippen LogP contribution in [-0.2, 0) is 44.3 Å². The van der Waals surface area contributed by atoms with E-state index in [-0.39, 0.29) is 48.1 Å². The average Bonchev–Trinajstić information content (AvgIpc) is 3.65. The molecule has 0 bridgehead atoms. The quantitative estimate of drug-likeness (QED) is 0.0334. The van der Waals surface area contributed by atoms with Gasteiger partial charge in [0.15, 0.2) is 16.6 Å². The number of rotatable bonds is 39. The van der Waals surface area contributed by atoms with E-state index in [4.69, 9.17) is 39.5 Å². The molecule has 0 aliphatic heterocycles. The van der Waals surface area contributed by atoms with Gasteiger partial charge in [0, 0.05) is 112 Å². The van der Waals surface area contributed by atoms with Crippen LogP contribution in [0.4, 0.5) is 14.4 Å². The number of ether oxygens (including phenoxy) is 1. The molecule has 0 saturated heterocycles. The van der Waals surface area contributed by atoms with E-state index in [0.717, 1.165) is 159 Å². The summed E-state index contributed by atoms with van der Waals surface area (Å²) in [4.78, 5) is 55.1. The Morgan fingerprint density at radius 1 is 0.420 bits per heavy atom. The highest BCUT2D eigenvalue weighted by Gasteiger charge is 2.41. The van der Waals surface area contributed by atoms with Crippen molar-refractivity contribution in [3.63, 3.8) is 0 Å². The fourth-order valence-electron chi connectivity index (χ4n) is 14.4. The topological polar surface area (TPSA) is 206 Å². The van der Waals surface area contributed by atoms with Crippen molar-refractivity contribution in [2.75, 3.05) is 82.0 Å². The molecular formula is C64H132N6O13Si5. The van der Waals surface area contributed by atoms with Crippen molar-refractivity contribution in [1.82, 2.24) is 31.1 Å². The molecule has 0 aromatic heterocycles. The number of unbranched alkanes of at least 4 members (excludes halogenated alkanes) is 2. The van der Waals surface area contributed by atoms with E-state index in [1.165, 1.54) is 63.8 Å². The third-order valence-corrected chi connectivity index (χ3v) is 36.6. The predicted molar refractivity (Wildman–Crippen MR) is 367 cm³/mol. The maximum atomic E-state index is 13.3.